The van der Waals surface area contributed by atoms with E-state index in [2.05, 4.69) is 15.5 Å². The first-order valence-corrected chi connectivity index (χ1v) is 11.7. The predicted molar refractivity (Wildman–Crippen MR) is 119 cm³/mol. The average Bonchev–Trinajstić information content (AvgIpc) is 3.52. The van der Waals surface area contributed by atoms with Crippen molar-refractivity contribution >= 4 is 17.7 Å². The Labute approximate surface area is 190 Å². The standard InChI is InChI=1S/C23H24N4O4S/c28-21(24-13-17-9-6-12-29-17)15-32-23-26-25-22(27(23)16-7-2-1-3-8-16)20-14-30-18-10-4-5-11-19(18)31-20/h1-5,7-8,10-11,17,20H,6,9,12-15H2,(H,24,28)/t17-,20-/m1/s1. The van der Waals surface area contributed by atoms with Crippen molar-refractivity contribution in [3.63, 3.8) is 0 Å². The van der Waals surface area contributed by atoms with Gasteiger partial charge in [0.1, 0.15) is 6.61 Å². The topological polar surface area (TPSA) is 87.5 Å². The van der Waals surface area contributed by atoms with Crippen LogP contribution in [-0.4, -0.2) is 52.3 Å². The van der Waals surface area contributed by atoms with Crippen LogP contribution >= 0.6 is 11.8 Å². The van der Waals surface area contributed by atoms with Crippen LogP contribution in [-0.2, 0) is 9.53 Å². The van der Waals surface area contributed by atoms with Crippen LogP contribution in [0.1, 0.15) is 24.8 Å². The molecule has 0 spiro atoms. The minimum Gasteiger partial charge on any atom is -0.485 e. The quantitative estimate of drug-likeness (QED) is 0.551. The highest BCUT2D eigenvalue weighted by Gasteiger charge is 2.29. The number of benzene rings is 2. The molecule has 2 aliphatic rings. The van der Waals surface area contributed by atoms with Crippen molar-refractivity contribution in [3.8, 4) is 17.2 Å². The van der Waals surface area contributed by atoms with E-state index in [1.165, 1.54) is 11.8 Å². The third kappa shape index (κ3) is 4.58. The van der Waals surface area contributed by atoms with Gasteiger partial charge in [-0.25, -0.2) is 0 Å². The van der Waals surface area contributed by atoms with Crippen LogP contribution < -0.4 is 14.8 Å². The number of fused-ring (bicyclic) bond motifs is 1. The minimum atomic E-state index is -0.416. The van der Waals surface area contributed by atoms with Gasteiger partial charge in [-0.2, -0.15) is 0 Å². The first kappa shape index (κ1) is 20.8. The summed E-state index contributed by atoms with van der Waals surface area (Å²) in [6.07, 6.45) is 1.75. The smallest absolute Gasteiger partial charge is 0.230 e. The molecule has 32 heavy (non-hydrogen) atoms. The second kappa shape index (κ2) is 9.62. The number of carbonyl (C=O) groups is 1. The molecule has 0 unspecified atom stereocenters. The molecule has 8 nitrogen and oxygen atoms in total. The van der Waals surface area contributed by atoms with Gasteiger partial charge in [0.05, 0.1) is 11.9 Å². The van der Waals surface area contributed by atoms with Crippen LogP contribution in [0.5, 0.6) is 11.5 Å². The van der Waals surface area contributed by atoms with E-state index < -0.39 is 6.10 Å². The van der Waals surface area contributed by atoms with Crippen LogP contribution in [0.4, 0.5) is 0 Å². The summed E-state index contributed by atoms with van der Waals surface area (Å²) in [4.78, 5) is 12.4. The number of hydrogen-bond acceptors (Lipinski definition) is 7. The van der Waals surface area contributed by atoms with Gasteiger partial charge in [0.15, 0.2) is 28.6 Å². The molecule has 2 aliphatic heterocycles. The van der Waals surface area contributed by atoms with Crippen molar-refractivity contribution < 1.29 is 19.0 Å². The monoisotopic (exact) mass is 452 g/mol. The van der Waals surface area contributed by atoms with Crippen LogP contribution in [0.2, 0.25) is 0 Å². The van der Waals surface area contributed by atoms with Crippen LogP contribution in [0.3, 0.4) is 0 Å². The molecule has 9 heteroatoms. The number of hydrogen-bond donors (Lipinski definition) is 1. The number of thioether (sulfide) groups is 1. The van der Waals surface area contributed by atoms with Gasteiger partial charge in [-0.3, -0.25) is 9.36 Å². The van der Waals surface area contributed by atoms with Crippen LogP contribution in [0.25, 0.3) is 5.69 Å². The fourth-order valence-corrected chi connectivity index (χ4v) is 4.55. The van der Waals surface area contributed by atoms with Gasteiger partial charge in [0.25, 0.3) is 0 Å². The van der Waals surface area contributed by atoms with Crippen LogP contribution in [0.15, 0.2) is 59.8 Å². The number of aromatic nitrogens is 3. The summed E-state index contributed by atoms with van der Waals surface area (Å²) in [5, 5.41) is 12.4. The Balaban J connectivity index is 1.33. The lowest BCUT2D eigenvalue weighted by Crippen LogP contribution is -2.33. The molecule has 3 heterocycles. The van der Waals surface area contributed by atoms with E-state index in [4.69, 9.17) is 14.2 Å². The highest BCUT2D eigenvalue weighted by molar-refractivity contribution is 7.99. The molecule has 0 aliphatic carbocycles. The van der Waals surface area contributed by atoms with E-state index in [-0.39, 0.29) is 17.8 Å². The normalized spacial score (nSPS) is 19.6. The Bertz CT molecular complexity index is 1070. The van der Waals surface area contributed by atoms with E-state index in [0.29, 0.717) is 35.6 Å². The highest BCUT2D eigenvalue weighted by Crippen LogP contribution is 2.36. The average molecular weight is 453 g/mol. The first-order valence-electron chi connectivity index (χ1n) is 10.7. The lowest BCUT2D eigenvalue weighted by Gasteiger charge is -2.26. The number of carbonyl (C=O) groups excluding carboxylic acids is 1. The second-order valence-corrected chi connectivity index (χ2v) is 8.55. The van der Waals surface area contributed by atoms with E-state index >= 15 is 0 Å². The van der Waals surface area contributed by atoms with Gasteiger partial charge >= 0.3 is 0 Å². The number of ether oxygens (including phenoxy) is 3. The number of para-hydroxylation sites is 3. The number of amides is 1. The van der Waals surface area contributed by atoms with Crippen molar-refractivity contribution in [1.29, 1.82) is 0 Å². The maximum Gasteiger partial charge on any atom is 0.230 e. The van der Waals surface area contributed by atoms with Crippen molar-refractivity contribution in [1.82, 2.24) is 20.1 Å². The molecule has 2 atom stereocenters. The molecule has 2 aromatic carbocycles. The Morgan fingerprint density at radius 3 is 2.72 bits per heavy atom. The summed E-state index contributed by atoms with van der Waals surface area (Å²) in [7, 11) is 0. The molecule has 1 fully saturated rings. The fraction of sp³-hybridized carbons (Fsp3) is 0.348. The van der Waals surface area contributed by atoms with E-state index in [1.807, 2.05) is 59.2 Å². The number of nitrogens with zero attached hydrogens (tertiary/aromatic N) is 3. The number of nitrogens with one attached hydrogen (secondary N) is 1. The maximum absolute atomic E-state index is 12.4. The summed E-state index contributed by atoms with van der Waals surface area (Å²) in [5.41, 5.74) is 0.900. The van der Waals surface area contributed by atoms with Crippen molar-refractivity contribution in [2.75, 3.05) is 25.5 Å². The first-order chi connectivity index (χ1) is 15.8. The lowest BCUT2D eigenvalue weighted by molar-refractivity contribution is -0.119. The Kier molecular flexibility index (Phi) is 6.27. The Morgan fingerprint density at radius 1 is 1.09 bits per heavy atom. The summed E-state index contributed by atoms with van der Waals surface area (Å²) >= 11 is 1.34. The summed E-state index contributed by atoms with van der Waals surface area (Å²) < 4.78 is 19.5. The molecule has 0 radical (unpaired) electrons. The van der Waals surface area contributed by atoms with Gasteiger partial charge in [-0.05, 0) is 37.1 Å². The zero-order valence-corrected chi connectivity index (χ0v) is 18.3. The molecule has 3 aromatic rings. The van der Waals surface area contributed by atoms with Gasteiger partial charge in [0.2, 0.25) is 5.91 Å². The summed E-state index contributed by atoms with van der Waals surface area (Å²) in [5.74, 6) is 2.21. The Hall–Kier alpha value is -3.04. The molecule has 1 amide bonds. The summed E-state index contributed by atoms with van der Waals surface area (Å²) in [6, 6.07) is 17.4. The van der Waals surface area contributed by atoms with E-state index in [1.54, 1.807) is 0 Å². The van der Waals surface area contributed by atoms with Crippen molar-refractivity contribution in [3.05, 3.63) is 60.4 Å². The van der Waals surface area contributed by atoms with Crippen molar-refractivity contribution in [2.45, 2.75) is 30.2 Å². The molecule has 1 saturated heterocycles. The molecule has 1 aromatic heterocycles. The SMILES string of the molecule is O=C(CSc1nnc([C@H]2COc3ccccc3O2)n1-c1ccccc1)NC[C@H]1CCCO1. The molecule has 1 N–H and O–H groups in total. The molecule has 166 valence electrons. The highest BCUT2D eigenvalue weighted by atomic mass is 32.2. The van der Waals surface area contributed by atoms with Gasteiger partial charge in [0, 0.05) is 18.8 Å². The largest absolute Gasteiger partial charge is 0.485 e. The molecule has 5 rings (SSSR count). The lowest BCUT2D eigenvalue weighted by atomic mass is 10.2. The third-order valence-electron chi connectivity index (χ3n) is 5.35. The van der Waals surface area contributed by atoms with E-state index in [9.17, 15) is 4.79 Å². The van der Waals surface area contributed by atoms with Crippen molar-refractivity contribution in [2.24, 2.45) is 0 Å². The summed E-state index contributed by atoms with van der Waals surface area (Å²) in [6.45, 7) is 1.65. The van der Waals surface area contributed by atoms with Crippen LogP contribution in [0, 0.1) is 0 Å². The Morgan fingerprint density at radius 2 is 1.91 bits per heavy atom. The molecular weight excluding hydrogens is 428 g/mol. The fourth-order valence-electron chi connectivity index (χ4n) is 3.76. The molecule has 0 saturated carbocycles. The predicted octanol–water partition coefficient (Wildman–Crippen LogP) is 3.17. The third-order valence-corrected chi connectivity index (χ3v) is 6.28. The van der Waals surface area contributed by atoms with Gasteiger partial charge in [-0.1, -0.05) is 42.1 Å². The zero-order valence-electron chi connectivity index (χ0n) is 17.5. The van der Waals surface area contributed by atoms with E-state index in [0.717, 1.165) is 25.1 Å². The molecular formula is C23H24N4O4S. The maximum atomic E-state index is 12.4. The number of rotatable bonds is 7. The van der Waals surface area contributed by atoms with Gasteiger partial charge in [-0.15, -0.1) is 10.2 Å². The minimum absolute atomic E-state index is 0.0548. The molecule has 0 bridgehead atoms. The van der Waals surface area contributed by atoms with Gasteiger partial charge < -0.3 is 19.5 Å². The second-order valence-electron chi connectivity index (χ2n) is 7.60. The zero-order chi connectivity index (χ0) is 21.8.